The monoisotopic (exact) mass is 353 g/mol. The average molecular weight is 353 g/mol. The zero-order valence-electron chi connectivity index (χ0n) is 15.1. The number of carbonyl (C=O) groups excluding carboxylic acids is 1. The molecule has 1 aliphatic rings. The Morgan fingerprint density at radius 1 is 1.42 bits per heavy atom. The Morgan fingerprint density at radius 2 is 2.27 bits per heavy atom. The number of fused-ring (bicyclic) bond motifs is 1. The minimum Gasteiger partial charge on any atom is -0.384 e. The summed E-state index contributed by atoms with van der Waals surface area (Å²) in [5.74, 6) is 0.788. The van der Waals surface area contributed by atoms with Crippen molar-refractivity contribution < 1.29 is 4.79 Å². The molecule has 4 rings (SSSR count). The molecule has 1 unspecified atom stereocenters. The number of pyridine rings is 1. The molecule has 1 aliphatic heterocycles. The van der Waals surface area contributed by atoms with Crippen molar-refractivity contribution in [2.24, 2.45) is 0 Å². The molecule has 0 radical (unpaired) electrons. The standard InChI is InChI=1S/C18H23N7O/c1-3-25-10-14(11(2)23-25)18(26)24-8-4-5-12(9-24)15-7-6-13-16(19)21-22-17(13)20-15/h6-7,10,12H,3-5,8-9H2,1-2H3,(H3,19,20,21,22). The lowest BCUT2D eigenvalue weighted by Gasteiger charge is -2.32. The highest BCUT2D eigenvalue weighted by Gasteiger charge is 2.28. The third-order valence-electron chi connectivity index (χ3n) is 5.10. The molecule has 1 fully saturated rings. The van der Waals surface area contributed by atoms with Gasteiger partial charge in [-0.15, -0.1) is 0 Å². The first-order valence-electron chi connectivity index (χ1n) is 9.00. The van der Waals surface area contributed by atoms with Gasteiger partial charge in [0.15, 0.2) is 5.65 Å². The van der Waals surface area contributed by atoms with Crippen molar-refractivity contribution in [2.75, 3.05) is 18.8 Å². The number of aromatic amines is 1. The van der Waals surface area contributed by atoms with E-state index in [4.69, 9.17) is 5.73 Å². The molecular formula is C18H23N7O. The molecule has 3 aromatic rings. The molecule has 3 aromatic heterocycles. The van der Waals surface area contributed by atoms with Crippen LogP contribution in [0.25, 0.3) is 11.0 Å². The summed E-state index contributed by atoms with van der Waals surface area (Å²) in [5, 5.41) is 12.1. The Morgan fingerprint density at radius 3 is 3.04 bits per heavy atom. The van der Waals surface area contributed by atoms with Crippen molar-refractivity contribution in [3.8, 4) is 0 Å². The Kier molecular flexibility index (Phi) is 4.10. The summed E-state index contributed by atoms with van der Waals surface area (Å²) in [6.07, 6.45) is 3.81. The van der Waals surface area contributed by atoms with Crippen LogP contribution in [0.15, 0.2) is 18.3 Å². The fourth-order valence-electron chi connectivity index (χ4n) is 3.62. The van der Waals surface area contributed by atoms with Gasteiger partial charge in [-0.2, -0.15) is 10.2 Å². The van der Waals surface area contributed by atoms with Crippen LogP contribution in [0, 0.1) is 6.92 Å². The molecule has 0 saturated carbocycles. The van der Waals surface area contributed by atoms with Crippen LogP contribution in [0.3, 0.4) is 0 Å². The van der Waals surface area contributed by atoms with E-state index in [-0.39, 0.29) is 11.8 Å². The van der Waals surface area contributed by atoms with Crippen molar-refractivity contribution >= 4 is 22.8 Å². The number of aryl methyl sites for hydroxylation is 2. The number of carbonyl (C=O) groups is 1. The van der Waals surface area contributed by atoms with E-state index in [9.17, 15) is 4.79 Å². The fourth-order valence-corrected chi connectivity index (χ4v) is 3.62. The summed E-state index contributed by atoms with van der Waals surface area (Å²) in [4.78, 5) is 19.5. The minimum absolute atomic E-state index is 0.0528. The van der Waals surface area contributed by atoms with E-state index in [1.807, 2.05) is 41.8 Å². The van der Waals surface area contributed by atoms with Gasteiger partial charge in [-0.3, -0.25) is 14.6 Å². The number of nitrogens with zero attached hydrogens (tertiary/aromatic N) is 5. The Balaban J connectivity index is 1.56. The van der Waals surface area contributed by atoms with Gasteiger partial charge in [-0.25, -0.2) is 4.98 Å². The topological polar surface area (TPSA) is 106 Å². The van der Waals surface area contributed by atoms with Gasteiger partial charge in [-0.1, -0.05) is 0 Å². The quantitative estimate of drug-likeness (QED) is 0.750. The van der Waals surface area contributed by atoms with Gasteiger partial charge in [-0.05, 0) is 38.8 Å². The van der Waals surface area contributed by atoms with Crippen LogP contribution >= 0.6 is 0 Å². The SMILES string of the molecule is CCn1cc(C(=O)N2CCCC(c3ccc4c(N)[nH]nc4n3)C2)c(C)n1. The first-order chi connectivity index (χ1) is 12.6. The van der Waals surface area contributed by atoms with E-state index >= 15 is 0 Å². The smallest absolute Gasteiger partial charge is 0.257 e. The van der Waals surface area contributed by atoms with Crippen molar-refractivity contribution in [1.82, 2.24) is 29.9 Å². The predicted molar refractivity (Wildman–Crippen MR) is 98.8 cm³/mol. The van der Waals surface area contributed by atoms with E-state index in [1.165, 1.54) is 0 Å². The van der Waals surface area contributed by atoms with E-state index < -0.39 is 0 Å². The average Bonchev–Trinajstić information content (AvgIpc) is 3.23. The summed E-state index contributed by atoms with van der Waals surface area (Å²) in [7, 11) is 0. The lowest BCUT2D eigenvalue weighted by atomic mass is 9.93. The highest BCUT2D eigenvalue weighted by molar-refractivity contribution is 5.95. The summed E-state index contributed by atoms with van der Waals surface area (Å²) in [6.45, 7) is 6.09. The van der Waals surface area contributed by atoms with Crippen molar-refractivity contribution in [3.63, 3.8) is 0 Å². The molecule has 3 N–H and O–H groups in total. The lowest BCUT2D eigenvalue weighted by Crippen LogP contribution is -2.39. The fraction of sp³-hybridized carbons (Fsp3) is 0.444. The molecule has 1 atom stereocenters. The zero-order chi connectivity index (χ0) is 18.3. The van der Waals surface area contributed by atoms with Crippen LogP contribution in [0.5, 0.6) is 0 Å². The van der Waals surface area contributed by atoms with Crippen molar-refractivity contribution in [1.29, 1.82) is 0 Å². The highest BCUT2D eigenvalue weighted by atomic mass is 16.2. The van der Waals surface area contributed by atoms with Crippen LogP contribution in [0.4, 0.5) is 5.82 Å². The zero-order valence-corrected chi connectivity index (χ0v) is 15.1. The molecule has 1 amide bonds. The Labute approximate surface area is 151 Å². The van der Waals surface area contributed by atoms with E-state index in [2.05, 4.69) is 20.3 Å². The lowest BCUT2D eigenvalue weighted by molar-refractivity contribution is 0.0705. The first kappa shape index (κ1) is 16.6. The number of H-pyrrole nitrogens is 1. The second kappa shape index (κ2) is 6.44. The van der Waals surface area contributed by atoms with Crippen LogP contribution in [-0.2, 0) is 6.54 Å². The van der Waals surface area contributed by atoms with Crippen molar-refractivity contribution in [3.05, 3.63) is 35.3 Å². The largest absolute Gasteiger partial charge is 0.384 e. The number of nitrogens with two attached hydrogens (primary N) is 1. The van der Waals surface area contributed by atoms with Crippen LogP contribution < -0.4 is 5.73 Å². The summed E-state index contributed by atoms with van der Waals surface area (Å²) < 4.78 is 1.81. The number of amides is 1. The predicted octanol–water partition coefficient (Wildman–Crippen LogP) is 2.08. The maximum atomic E-state index is 13.0. The van der Waals surface area contributed by atoms with Crippen LogP contribution in [0.1, 0.15) is 47.4 Å². The Hall–Kier alpha value is -2.90. The molecule has 0 aliphatic carbocycles. The van der Waals surface area contributed by atoms with Gasteiger partial charge in [0.05, 0.1) is 16.6 Å². The molecule has 8 heteroatoms. The second-order valence-electron chi connectivity index (χ2n) is 6.82. The highest BCUT2D eigenvalue weighted by Crippen LogP contribution is 2.28. The normalized spacial score (nSPS) is 17.8. The molecule has 8 nitrogen and oxygen atoms in total. The Bertz CT molecular complexity index is 958. The molecular weight excluding hydrogens is 330 g/mol. The number of hydrogen-bond acceptors (Lipinski definition) is 5. The molecule has 136 valence electrons. The third-order valence-corrected chi connectivity index (χ3v) is 5.10. The molecule has 26 heavy (non-hydrogen) atoms. The van der Waals surface area contributed by atoms with Gasteiger partial charge < -0.3 is 10.6 Å². The molecule has 1 saturated heterocycles. The van der Waals surface area contributed by atoms with Crippen molar-refractivity contribution in [2.45, 2.75) is 39.2 Å². The minimum atomic E-state index is 0.0528. The van der Waals surface area contributed by atoms with Gasteiger partial charge in [0.25, 0.3) is 5.91 Å². The summed E-state index contributed by atoms with van der Waals surface area (Å²) in [5.41, 5.74) is 8.90. The summed E-state index contributed by atoms with van der Waals surface area (Å²) >= 11 is 0. The number of likely N-dealkylation sites (tertiary alicyclic amines) is 1. The van der Waals surface area contributed by atoms with Gasteiger partial charge >= 0.3 is 0 Å². The number of nitrogen functional groups attached to an aromatic ring is 1. The number of rotatable bonds is 3. The van der Waals surface area contributed by atoms with Gasteiger partial charge in [0, 0.05) is 37.4 Å². The van der Waals surface area contributed by atoms with Gasteiger partial charge in [0.1, 0.15) is 5.82 Å². The van der Waals surface area contributed by atoms with Crippen LogP contribution in [-0.4, -0.2) is 48.9 Å². The molecule has 0 aromatic carbocycles. The molecule has 0 bridgehead atoms. The molecule has 0 spiro atoms. The molecule has 4 heterocycles. The second-order valence-corrected chi connectivity index (χ2v) is 6.82. The van der Waals surface area contributed by atoms with Crippen LogP contribution in [0.2, 0.25) is 0 Å². The number of piperidine rings is 1. The number of hydrogen-bond donors (Lipinski definition) is 2. The summed E-state index contributed by atoms with van der Waals surface area (Å²) in [6, 6.07) is 3.94. The van der Waals surface area contributed by atoms with E-state index in [0.717, 1.165) is 42.7 Å². The number of anilines is 1. The number of aromatic nitrogens is 5. The third kappa shape index (κ3) is 2.81. The maximum absolute atomic E-state index is 13.0. The van der Waals surface area contributed by atoms with E-state index in [1.54, 1.807) is 0 Å². The number of nitrogens with one attached hydrogen (secondary N) is 1. The van der Waals surface area contributed by atoms with E-state index in [0.29, 0.717) is 23.6 Å². The van der Waals surface area contributed by atoms with Gasteiger partial charge in [0.2, 0.25) is 0 Å². The first-order valence-corrected chi connectivity index (χ1v) is 9.00. The maximum Gasteiger partial charge on any atom is 0.257 e.